The van der Waals surface area contributed by atoms with Gasteiger partial charge >= 0.3 is 5.97 Å². The fourth-order valence-electron chi connectivity index (χ4n) is 3.07. The SMILES string of the molecule is CCCS(=O)(=O)CCC1(C(=O)O)CCc2ccccc2C1. The van der Waals surface area contributed by atoms with Gasteiger partial charge in [0.15, 0.2) is 0 Å². The van der Waals surface area contributed by atoms with Crippen LogP contribution >= 0.6 is 0 Å². The summed E-state index contributed by atoms with van der Waals surface area (Å²) in [6.45, 7) is 1.82. The van der Waals surface area contributed by atoms with Gasteiger partial charge in [0.1, 0.15) is 9.84 Å². The summed E-state index contributed by atoms with van der Waals surface area (Å²) in [6.07, 6.45) is 2.43. The Bertz CT molecular complexity index is 621. The topological polar surface area (TPSA) is 71.4 Å². The maximum Gasteiger partial charge on any atom is 0.310 e. The van der Waals surface area contributed by atoms with Gasteiger partial charge in [-0.05, 0) is 43.2 Å². The Hall–Kier alpha value is -1.36. The van der Waals surface area contributed by atoms with Crippen molar-refractivity contribution in [3.05, 3.63) is 35.4 Å². The van der Waals surface area contributed by atoms with E-state index in [4.69, 9.17) is 0 Å². The molecule has 0 aromatic heterocycles. The number of hydrogen-bond acceptors (Lipinski definition) is 3. The molecule has 0 spiro atoms. The van der Waals surface area contributed by atoms with Crippen molar-refractivity contribution in [1.82, 2.24) is 0 Å². The van der Waals surface area contributed by atoms with Gasteiger partial charge in [0.05, 0.1) is 11.2 Å². The molecule has 1 aliphatic carbocycles. The Morgan fingerprint density at radius 1 is 1.24 bits per heavy atom. The minimum atomic E-state index is -3.14. The summed E-state index contributed by atoms with van der Waals surface area (Å²) in [5, 5.41) is 9.65. The van der Waals surface area contributed by atoms with E-state index in [2.05, 4.69) is 0 Å². The molecule has 0 amide bonds. The molecule has 4 nitrogen and oxygen atoms in total. The molecule has 0 saturated heterocycles. The molecule has 2 rings (SSSR count). The zero-order valence-electron chi connectivity index (χ0n) is 12.3. The van der Waals surface area contributed by atoms with Gasteiger partial charge in [0.2, 0.25) is 0 Å². The average Bonchev–Trinajstić information content (AvgIpc) is 2.45. The summed E-state index contributed by atoms with van der Waals surface area (Å²) in [7, 11) is -3.14. The molecule has 1 aromatic carbocycles. The third-order valence-corrected chi connectivity index (χ3v) is 6.24. The van der Waals surface area contributed by atoms with Gasteiger partial charge < -0.3 is 5.11 Å². The Kier molecular flexibility index (Phi) is 4.71. The van der Waals surface area contributed by atoms with Gasteiger partial charge in [-0.25, -0.2) is 8.42 Å². The summed E-state index contributed by atoms with van der Waals surface area (Å²) >= 11 is 0. The lowest BCUT2D eigenvalue weighted by molar-refractivity contribution is -0.150. The predicted molar refractivity (Wildman–Crippen MR) is 82.1 cm³/mol. The zero-order chi connectivity index (χ0) is 15.5. The van der Waals surface area contributed by atoms with Crippen LogP contribution in [0.1, 0.15) is 37.3 Å². The van der Waals surface area contributed by atoms with Crippen molar-refractivity contribution in [2.45, 2.75) is 39.0 Å². The van der Waals surface area contributed by atoms with E-state index in [1.54, 1.807) is 0 Å². The van der Waals surface area contributed by atoms with Crippen molar-refractivity contribution in [1.29, 1.82) is 0 Å². The summed E-state index contributed by atoms with van der Waals surface area (Å²) < 4.78 is 23.8. The molecule has 1 unspecified atom stereocenters. The largest absolute Gasteiger partial charge is 0.481 e. The molecule has 1 aliphatic rings. The van der Waals surface area contributed by atoms with E-state index < -0.39 is 21.2 Å². The third-order valence-electron chi connectivity index (χ3n) is 4.38. The first kappa shape index (κ1) is 16.0. The van der Waals surface area contributed by atoms with Gasteiger partial charge in [-0.1, -0.05) is 31.2 Å². The number of carboxylic acids is 1. The molecule has 5 heteroatoms. The maximum absolute atomic E-state index is 11.9. The lowest BCUT2D eigenvalue weighted by atomic mass is 9.70. The Morgan fingerprint density at radius 2 is 1.90 bits per heavy atom. The van der Waals surface area contributed by atoms with Gasteiger partial charge in [0.25, 0.3) is 0 Å². The van der Waals surface area contributed by atoms with Crippen LogP contribution in [0, 0.1) is 5.41 Å². The molecule has 21 heavy (non-hydrogen) atoms. The molecule has 116 valence electrons. The number of hydrogen-bond donors (Lipinski definition) is 1. The lowest BCUT2D eigenvalue weighted by Crippen LogP contribution is -2.38. The minimum Gasteiger partial charge on any atom is -0.481 e. The second kappa shape index (κ2) is 6.18. The highest BCUT2D eigenvalue weighted by atomic mass is 32.2. The summed E-state index contributed by atoms with van der Waals surface area (Å²) in [5.41, 5.74) is 1.29. The molecule has 0 radical (unpaired) electrons. The normalized spacial score (nSPS) is 21.8. The number of aliphatic carboxylic acids is 1. The second-order valence-electron chi connectivity index (χ2n) is 5.93. The Labute approximate surface area is 126 Å². The van der Waals surface area contributed by atoms with E-state index in [9.17, 15) is 18.3 Å². The predicted octanol–water partition coefficient (Wildman–Crippen LogP) is 2.46. The van der Waals surface area contributed by atoms with Gasteiger partial charge in [-0.2, -0.15) is 0 Å². The quantitative estimate of drug-likeness (QED) is 0.876. The first-order chi connectivity index (χ1) is 9.88. The van der Waals surface area contributed by atoms with Crippen LogP contribution in [0.25, 0.3) is 0 Å². The van der Waals surface area contributed by atoms with E-state index in [1.165, 1.54) is 5.56 Å². The minimum absolute atomic E-state index is 0.0324. The third kappa shape index (κ3) is 3.64. The van der Waals surface area contributed by atoms with Crippen LogP contribution in [0.3, 0.4) is 0 Å². The maximum atomic E-state index is 11.9. The molecule has 1 aromatic rings. The number of benzene rings is 1. The van der Waals surface area contributed by atoms with Crippen LogP contribution in [0.15, 0.2) is 24.3 Å². The Morgan fingerprint density at radius 3 is 2.52 bits per heavy atom. The van der Waals surface area contributed by atoms with E-state index in [0.717, 1.165) is 5.56 Å². The van der Waals surface area contributed by atoms with Crippen LogP contribution in [0.5, 0.6) is 0 Å². The van der Waals surface area contributed by atoms with Crippen LogP contribution in [0.4, 0.5) is 0 Å². The number of rotatable bonds is 6. The fourth-order valence-corrected chi connectivity index (χ4v) is 4.60. The highest BCUT2D eigenvalue weighted by Crippen LogP contribution is 2.39. The number of aryl methyl sites for hydroxylation is 1. The fraction of sp³-hybridized carbons (Fsp3) is 0.562. The molecule has 0 fully saturated rings. The second-order valence-corrected chi connectivity index (χ2v) is 8.24. The average molecular weight is 310 g/mol. The number of sulfone groups is 1. The highest BCUT2D eigenvalue weighted by Gasteiger charge is 2.41. The van der Waals surface area contributed by atoms with Gasteiger partial charge in [-0.15, -0.1) is 0 Å². The summed E-state index contributed by atoms with van der Waals surface area (Å²) in [4.78, 5) is 11.8. The standard InChI is InChI=1S/C16H22O4S/c1-2-10-21(19,20)11-9-16(15(17)18)8-7-13-5-3-4-6-14(13)12-16/h3-6H,2,7-12H2,1H3,(H,17,18). The van der Waals surface area contributed by atoms with E-state index in [-0.39, 0.29) is 17.9 Å². The summed E-state index contributed by atoms with van der Waals surface area (Å²) in [5.74, 6) is -0.766. The monoisotopic (exact) mass is 310 g/mol. The van der Waals surface area contributed by atoms with Crippen LogP contribution in [0.2, 0.25) is 0 Å². The van der Waals surface area contributed by atoms with E-state index in [0.29, 0.717) is 25.7 Å². The molecule has 1 N–H and O–H groups in total. The van der Waals surface area contributed by atoms with E-state index in [1.807, 2.05) is 31.2 Å². The summed E-state index contributed by atoms with van der Waals surface area (Å²) in [6, 6.07) is 7.84. The molecule has 0 aliphatic heterocycles. The van der Waals surface area contributed by atoms with Gasteiger partial charge in [-0.3, -0.25) is 4.79 Å². The first-order valence-electron chi connectivity index (χ1n) is 7.39. The van der Waals surface area contributed by atoms with Gasteiger partial charge in [0, 0.05) is 5.75 Å². The number of carbonyl (C=O) groups is 1. The van der Waals surface area contributed by atoms with Crippen LogP contribution in [-0.2, 0) is 27.5 Å². The van der Waals surface area contributed by atoms with Crippen molar-refractivity contribution in [2.75, 3.05) is 11.5 Å². The first-order valence-corrected chi connectivity index (χ1v) is 9.21. The smallest absolute Gasteiger partial charge is 0.310 e. The van der Waals surface area contributed by atoms with Crippen LogP contribution in [-0.4, -0.2) is 31.0 Å². The zero-order valence-corrected chi connectivity index (χ0v) is 13.2. The molecular weight excluding hydrogens is 288 g/mol. The molecular formula is C16H22O4S. The number of carboxylic acid groups (broad SMARTS) is 1. The van der Waals surface area contributed by atoms with Crippen molar-refractivity contribution < 1.29 is 18.3 Å². The highest BCUT2D eigenvalue weighted by molar-refractivity contribution is 7.91. The van der Waals surface area contributed by atoms with Crippen molar-refractivity contribution in [3.8, 4) is 0 Å². The lowest BCUT2D eigenvalue weighted by Gasteiger charge is -2.34. The van der Waals surface area contributed by atoms with Crippen molar-refractivity contribution in [3.63, 3.8) is 0 Å². The van der Waals surface area contributed by atoms with Crippen molar-refractivity contribution in [2.24, 2.45) is 5.41 Å². The molecule has 0 saturated carbocycles. The molecule has 0 bridgehead atoms. The molecule has 1 atom stereocenters. The molecule has 0 heterocycles. The van der Waals surface area contributed by atoms with Crippen LogP contribution < -0.4 is 0 Å². The van der Waals surface area contributed by atoms with E-state index >= 15 is 0 Å². The Balaban J connectivity index is 2.18. The number of fused-ring (bicyclic) bond motifs is 1. The van der Waals surface area contributed by atoms with Crippen molar-refractivity contribution >= 4 is 15.8 Å².